The highest BCUT2D eigenvalue weighted by Crippen LogP contribution is 2.61. The van der Waals surface area contributed by atoms with E-state index < -0.39 is 11.4 Å². The molecule has 3 rings (SSSR count). The molecular formula is C12H13NO2. The first kappa shape index (κ1) is 8.92. The minimum atomic E-state index is -0.662. The first-order valence-corrected chi connectivity index (χ1v) is 5.27. The van der Waals surface area contributed by atoms with Crippen molar-refractivity contribution in [2.45, 2.75) is 5.41 Å². The SMILES string of the molecule is O=C(O)C1(c2ccccc2)C2CNCC21. The van der Waals surface area contributed by atoms with Crippen LogP contribution >= 0.6 is 0 Å². The van der Waals surface area contributed by atoms with Crippen LogP contribution in [0.1, 0.15) is 5.56 Å². The molecule has 1 saturated carbocycles. The third kappa shape index (κ3) is 0.960. The van der Waals surface area contributed by atoms with Crippen LogP contribution < -0.4 is 5.32 Å². The lowest BCUT2D eigenvalue weighted by atomic mass is 9.90. The Kier molecular flexibility index (Phi) is 1.68. The van der Waals surface area contributed by atoms with Gasteiger partial charge >= 0.3 is 5.97 Å². The normalized spacial score (nSPS) is 37.3. The monoisotopic (exact) mass is 203 g/mol. The van der Waals surface area contributed by atoms with E-state index in [9.17, 15) is 9.90 Å². The topological polar surface area (TPSA) is 49.3 Å². The molecular weight excluding hydrogens is 190 g/mol. The van der Waals surface area contributed by atoms with E-state index in [1.54, 1.807) is 0 Å². The van der Waals surface area contributed by atoms with Crippen LogP contribution in [-0.4, -0.2) is 24.2 Å². The molecule has 2 atom stereocenters. The summed E-state index contributed by atoms with van der Waals surface area (Å²) in [5.41, 5.74) is 0.376. The number of hydrogen-bond donors (Lipinski definition) is 2. The lowest BCUT2D eigenvalue weighted by Crippen LogP contribution is -2.32. The van der Waals surface area contributed by atoms with Crippen molar-refractivity contribution in [2.24, 2.45) is 11.8 Å². The zero-order valence-electron chi connectivity index (χ0n) is 8.31. The molecule has 15 heavy (non-hydrogen) atoms. The molecule has 1 aromatic carbocycles. The number of aliphatic carboxylic acids is 1. The number of fused-ring (bicyclic) bond motifs is 1. The van der Waals surface area contributed by atoms with Gasteiger partial charge in [0.25, 0.3) is 0 Å². The molecule has 78 valence electrons. The third-order valence-corrected chi connectivity index (χ3v) is 3.88. The number of nitrogens with one attached hydrogen (secondary N) is 1. The highest BCUT2D eigenvalue weighted by molar-refractivity contribution is 5.87. The van der Waals surface area contributed by atoms with Crippen LogP contribution in [-0.2, 0) is 10.2 Å². The maximum atomic E-state index is 11.5. The molecule has 3 nitrogen and oxygen atoms in total. The van der Waals surface area contributed by atoms with E-state index in [1.165, 1.54) is 0 Å². The minimum Gasteiger partial charge on any atom is -0.481 e. The van der Waals surface area contributed by atoms with Crippen molar-refractivity contribution >= 4 is 5.97 Å². The number of carbonyl (C=O) groups is 1. The molecule has 0 aromatic heterocycles. The van der Waals surface area contributed by atoms with E-state index in [1.807, 2.05) is 30.3 Å². The average molecular weight is 203 g/mol. The molecule has 2 N–H and O–H groups in total. The van der Waals surface area contributed by atoms with Crippen molar-refractivity contribution in [3.05, 3.63) is 35.9 Å². The summed E-state index contributed by atoms with van der Waals surface area (Å²) in [5, 5.41) is 12.7. The highest BCUT2D eigenvalue weighted by Gasteiger charge is 2.72. The largest absolute Gasteiger partial charge is 0.481 e. The lowest BCUT2D eigenvalue weighted by Gasteiger charge is -2.16. The van der Waals surface area contributed by atoms with Gasteiger partial charge in [0.2, 0.25) is 0 Å². The summed E-state index contributed by atoms with van der Waals surface area (Å²) in [6.45, 7) is 1.68. The van der Waals surface area contributed by atoms with Gasteiger partial charge in [-0.2, -0.15) is 0 Å². The Morgan fingerprint density at radius 1 is 1.27 bits per heavy atom. The Morgan fingerprint density at radius 3 is 2.40 bits per heavy atom. The van der Waals surface area contributed by atoms with Crippen LogP contribution in [0.2, 0.25) is 0 Å². The minimum absolute atomic E-state index is 0.289. The molecule has 0 bridgehead atoms. The summed E-state index contributed by atoms with van der Waals surface area (Å²) in [5.74, 6) is -0.0833. The molecule has 0 radical (unpaired) electrons. The highest BCUT2D eigenvalue weighted by atomic mass is 16.4. The van der Waals surface area contributed by atoms with Crippen molar-refractivity contribution < 1.29 is 9.90 Å². The fourth-order valence-electron chi connectivity index (χ4n) is 3.12. The predicted molar refractivity (Wildman–Crippen MR) is 55.6 cm³/mol. The smallest absolute Gasteiger partial charge is 0.314 e. The number of benzene rings is 1. The van der Waals surface area contributed by atoms with E-state index in [0.29, 0.717) is 0 Å². The van der Waals surface area contributed by atoms with Crippen LogP contribution in [0.3, 0.4) is 0 Å². The summed E-state index contributed by atoms with van der Waals surface area (Å²) in [6.07, 6.45) is 0. The van der Waals surface area contributed by atoms with E-state index in [-0.39, 0.29) is 11.8 Å². The molecule has 1 aromatic rings. The second-order valence-corrected chi connectivity index (χ2v) is 4.41. The van der Waals surface area contributed by atoms with Gasteiger partial charge in [0.05, 0.1) is 0 Å². The van der Waals surface area contributed by atoms with Gasteiger partial charge in [0, 0.05) is 0 Å². The quantitative estimate of drug-likeness (QED) is 0.749. The number of carboxylic acids is 1. The number of piperidine rings is 1. The number of hydrogen-bond acceptors (Lipinski definition) is 2. The fraction of sp³-hybridized carbons (Fsp3) is 0.417. The summed E-state index contributed by atoms with van der Waals surface area (Å²) in [6, 6.07) is 9.64. The predicted octanol–water partition coefficient (Wildman–Crippen LogP) is 0.858. The van der Waals surface area contributed by atoms with Crippen LogP contribution in [0.4, 0.5) is 0 Å². The number of carboxylic acid groups (broad SMARTS) is 1. The van der Waals surface area contributed by atoms with Gasteiger partial charge in [-0.3, -0.25) is 4.79 Å². The van der Waals surface area contributed by atoms with Crippen molar-refractivity contribution in [3.63, 3.8) is 0 Å². The molecule has 3 heteroatoms. The Hall–Kier alpha value is -1.35. The van der Waals surface area contributed by atoms with Gasteiger partial charge in [-0.1, -0.05) is 30.3 Å². The molecule has 1 heterocycles. The Bertz CT molecular complexity index is 391. The average Bonchev–Trinajstić information content (AvgIpc) is 2.65. The molecule has 2 unspecified atom stereocenters. The first-order valence-electron chi connectivity index (χ1n) is 5.27. The Labute approximate surface area is 88.1 Å². The standard InChI is InChI=1S/C12H13NO2/c14-11(15)12(8-4-2-1-3-5-8)9-6-13-7-10(9)12/h1-5,9-10,13H,6-7H2,(H,14,15). The van der Waals surface area contributed by atoms with Crippen molar-refractivity contribution in [2.75, 3.05) is 13.1 Å². The van der Waals surface area contributed by atoms with Gasteiger partial charge in [-0.15, -0.1) is 0 Å². The maximum Gasteiger partial charge on any atom is 0.314 e. The van der Waals surface area contributed by atoms with E-state index in [2.05, 4.69) is 5.32 Å². The first-order chi connectivity index (χ1) is 7.28. The van der Waals surface area contributed by atoms with E-state index in [0.717, 1.165) is 18.7 Å². The van der Waals surface area contributed by atoms with Crippen LogP contribution in [0, 0.1) is 11.8 Å². The summed E-state index contributed by atoms with van der Waals surface area (Å²) in [4.78, 5) is 11.5. The maximum absolute atomic E-state index is 11.5. The van der Waals surface area contributed by atoms with E-state index >= 15 is 0 Å². The zero-order valence-corrected chi connectivity index (χ0v) is 8.31. The van der Waals surface area contributed by atoms with Crippen LogP contribution in [0.5, 0.6) is 0 Å². The van der Waals surface area contributed by atoms with Gasteiger partial charge < -0.3 is 10.4 Å². The van der Waals surface area contributed by atoms with Crippen LogP contribution in [0.25, 0.3) is 0 Å². The summed E-state index contributed by atoms with van der Waals surface area (Å²) < 4.78 is 0. The second-order valence-electron chi connectivity index (χ2n) is 4.41. The van der Waals surface area contributed by atoms with Crippen molar-refractivity contribution in [1.29, 1.82) is 0 Å². The van der Waals surface area contributed by atoms with Gasteiger partial charge in [0.1, 0.15) is 5.41 Å². The lowest BCUT2D eigenvalue weighted by molar-refractivity contribution is -0.141. The van der Waals surface area contributed by atoms with Gasteiger partial charge in [0.15, 0.2) is 0 Å². The molecule has 0 amide bonds. The molecule has 0 spiro atoms. The molecule has 2 fully saturated rings. The fourth-order valence-corrected chi connectivity index (χ4v) is 3.12. The molecule has 1 aliphatic carbocycles. The van der Waals surface area contributed by atoms with Crippen molar-refractivity contribution in [1.82, 2.24) is 5.32 Å². The molecule has 1 saturated heterocycles. The Morgan fingerprint density at radius 2 is 1.87 bits per heavy atom. The second kappa shape index (κ2) is 2.83. The number of rotatable bonds is 2. The molecule has 2 aliphatic rings. The van der Waals surface area contributed by atoms with Gasteiger partial charge in [-0.05, 0) is 30.5 Å². The van der Waals surface area contributed by atoms with E-state index in [4.69, 9.17) is 0 Å². The molecule has 1 aliphatic heterocycles. The van der Waals surface area contributed by atoms with Crippen molar-refractivity contribution in [3.8, 4) is 0 Å². The zero-order chi connectivity index (χ0) is 10.5. The van der Waals surface area contributed by atoms with Crippen LogP contribution in [0.15, 0.2) is 30.3 Å². The van der Waals surface area contributed by atoms with Gasteiger partial charge in [-0.25, -0.2) is 0 Å². The summed E-state index contributed by atoms with van der Waals surface area (Å²) in [7, 11) is 0. The Balaban J connectivity index is 2.05. The third-order valence-electron chi connectivity index (χ3n) is 3.88. The summed E-state index contributed by atoms with van der Waals surface area (Å²) >= 11 is 0.